The third kappa shape index (κ3) is 4.16. The highest BCUT2D eigenvalue weighted by Gasteiger charge is 2.23. The van der Waals surface area contributed by atoms with Crippen LogP contribution in [0, 0.1) is 6.92 Å². The SMILES string of the molecule is CC(=O)N1CCCc2cc(S(=O)(=O)NCc3sc(-c4ccccc4)nc3C)ccc21. The van der Waals surface area contributed by atoms with E-state index < -0.39 is 10.0 Å². The first-order valence-corrected chi connectivity index (χ1v) is 12.1. The molecule has 2 heterocycles. The minimum absolute atomic E-state index is 0.0282. The number of carbonyl (C=O) groups excluding carboxylic acids is 1. The Morgan fingerprint density at radius 3 is 2.70 bits per heavy atom. The number of nitrogens with zero attached hydrogens (tertiary/aromatic N) is 2. The van der Waals surface area contributed by atoms with E-state index in [1.165, 1.54) is 18.3 Å². The first kappa shape index (κ1) is 20.7. The predicted octanol–water partition coefficient (Wildman–Crippen LogP) is 3.90. The lowest BCUT2D eigenvalue weighted by Gasteiger charge is -2.28. The fourth-order valence-corrected chi connectivity index (χ4v) is 5.75. The lowest BCUT2D eigenvalue weighted by molar-refractivity contribution is -0.116. The number of hydrogen-bond donors (Lipinski definition) is 1. The van der Waals surface area contributed by atoms with Crippen LogP contribution < -0.4 is 9.62 Å². The summed E-state index contributed by atoms with van der Waals surface area (Å²) in [5.41, 5.74) is 3.53. The zero-order chi connectivity index (χ0) is 21.3. The van der Waals surface area contributed by atoms with Gasteiger partial charge >= 0.3 is 0 Å². The van der Waals surface area contributed by atoms with Crippen molar-refractivity contribution in [1.82, 2.24) is 9.71 Å². The second kappa shape index (κ2) is 8.29. The Balaban J connectivity index is 1.53. The highest BCUT2D eigenvalue weighted by atomic mass is 32.2. The molecule has 156 valence electrons. The zero-order valence-electron chi connectivity index (χ0n) is 16.9. The second-order valence-corrected chi connectivity index (χ2v) is 10.1. The van der Waals surface area contributed by atoms with Gasteiger partial charge in [-0.25, -0.2) is 18.1 Å². The molecule has 0 spiro atoms. The van der Waals surface area contributed by atoms with Crippen molar-refractivity contribution in [2.75, 3.05) is 11.4 Å². The molecular weight excluding hydrogens is 418 g/mol. The molecule has 30 heavy (non-hydrogen) atoms. The van der Waals surface area contributed by atoms with Gasteiger partial charge in [0, 0.05) is 36.1 Å². The smallest absolute Gasteiger partial charge is 0.240 e. The van der Waals surface area contributed by atoms with Crippen LogP contribution in [0.25, 0.3) is 10.6 Å². The Labute approximate surface area is 180 Å². The number of fused-ring (bicyclic) bond motifs is 1. The molecule has 0 saturated carbocycles. The number of amides is 1. The van der Waals surface area contributed by atoms with Crippen LogP contribution in [-0.4, -0.2) is 25.9 Å². The van der Waals surface area contributed by atoms with Crippen LogP contribution in [0.15, 0.2) is 53.4 Å². The summed E-state index contributed by atoms with van der Waals surface area (Å²) in [5.74, 6) is -0.0282. The molecule has 8 heteroatoms. The number of anilines is 1. The first-order chi connectivity index (χ1) is 14.3. The minimum Gasteiger partial charge on any atom is -0.312 e. The van der Waals surface area contributed by atoms with Gasteiger partial charge in [0.15, 0.2) is 0 Å². The maximum absolute atomic E-state index is 12.9. The number of sulfonamides is 1. The molecule has 6 nitrogen and oxygen atoms in total. The quantitative estimate of drug-likeness (QED) is 0.651. The lowest BCUT2D eigenvalue weighted by atomic mass is 10.0. The molecule has 2 aromatic carbocycles. The third-order valence-electron chi connectivity index (χ3n) is 5.20. The van der Waals surface area contributed by atoms with Gasteiger partial charge in [0.05, 0.1) is 10.6 Å². The van der Waals surface area contributed by atoms with Gasteiger partial charge in [0.1, 0.15) is 5.01 Å². The van der Waals surface area contributed by atoms with Crippen molar-refractivity contribution in [2.24, 2.45) is 0 Å². The molecule has 3 aromatic rings. The van der Waals surface area contributed by atoms with E-state index in [1.54, 1.807) is 23.1 Å². The summed E-state index contributed by atoms with van der Waals surface area (Å²) in [7, 11) is -3.68. The summed E-state index contributed by atoms with van der Waals surface area (Å²) in [4.78, 5) is 19.2. The predicted molar refractivity (Wildman–Crippen MR) is 119 cm³/mol. The van der Waals surface area contributed by atoms with Crippen molar-refractivity contribution in [3.63, 3.8) is 0 Å². The molecule has 1 aliphatic heterocycles. The van der Waals surface area contributed by atoms with E-state index in [4.69, 9.17) is 0 Å². The van der Waals surface area contributed by atoms with Crippen molar-refractivity contribution in [2.45, 2.75) is 38.1 Å². The monoisotopic (exact) mass is 441 g/mol. The van der Waals surface area contributed by atoms with E-state index >= 15 is 0 Å². The number of aromatic nitrogens is 1. The summed E-state index contributed by atoms with van der Waals surface area (Å²) >= 11 is 1.49. The van der Waals surface area contributed by atoms with E-state index in [1.807, 2.05) is 37.3 Å². The molecule has 1 aromatic heterocycles. The normalized spacial score (nSPS) is 13.9. The third-order valence-corrected chi connectivity index (χ3v) is 7.80. The summed E-state index contributed by atoms with van der Waals surface area (Å²) < 4.78 is 28.5. The zero-order valence-corrected chi connectivity index (χ0v) is 18.5. The second-order valence-electron chi connectivity index (χ2n) is 7.28. The Morgan fingerprint density at radius 2 is 1.97 bits per heavy atom. The van der Waals surface area contributed by atoms with Crippen molar-refractivity contribution >= 4 is 33.0 Å². The van der Waals surface area contributed by atoms with Gasteiger partial charge in [-0.05, 0) is 43.5 Å². The van der Waals surface area contributed by atoms with E-state index in [2.05, 4.69) is 9.71 Å². The van der Waals surface area contributed by atoms with Crippen molar-refractivity contribution in [3.05, 3.63) is 64.7 Å². The van der Waals surface area contributed by atoms with Crippen LogP contribution >= 0.6 is 11.3 Å². The number of carbonyl (C=O) groups is 1. The van der Waals surface area contributed by atoms with E-state index in [9.17, 15) is 13.2 Å². The lowest BCUT2D eigenvalue weighted by Crippen LogP contribution is -2.33. The summed E-state index contributed by atoms with van der Waals surface area (Å²) in [6.45, 7) is 4.28. The number of benzene rings is 2. The fraction of sp³-hybridized carbons (Fsp3) is 0.273. The average molecular weight is 442 g/mol. The molecule has 0 unspecified atom stereocenters. The highest BCUT2D eigenvalue weighted by Crippen LogP contribution is 2.30. The molecule has 0 fully saturated rings. The Bertz CT molecular complexity index is 1190. The van der Waals surface area contributed by atoms with Crippen LogP contribution in [0.3, 0.4) is 0 Å². The fourth-order valence-electron chi connectivity index (χ4n) is 3.61. The molecule has 4 rings (SSSR count). The molecule has 1 N–H and O–H groups in total. The largest absolute Gasteiger partial charge is 0.312 e. The molecule has 1 aliphatic rings. The summed E-state index contributed by atoms with van der Waals surface area (Å²) in [6, 6.07) is 14.8. The number of nitrogens with one attached hydrogen (secondary N) is 1. The molecular formula is C22H23N3O3S2. The number of rotatable bonds is 5. The van der Waals surface area contributed by atoms with E-state index in [0.717, 1.165) is 45.2 Å². The van der Waals surface area contributed by atoms with Crippen LogP contribution in [0.5, 0.6) is 0 Å². The first-order valence-electron chi connectivity index (χ1n) is 9.77. The number of hydrogen-bond acceptors (Lipinski definition) is 5. The Morgan fingerprint density at radius 1 is 1.20 bits per heavy atom. The standard InChI is InChI=1S/C22H23N3O3S2/c1-15-21(29-22(24-15)17-7-4-3-5-8-17)14-23-30(27,28)19-10-11-20-18(13-19)9-6-12-25(20)16(2)26/h3-5,7-8,10-11,13,23H,6,9,12,14H2,1-2H3. The Kier molecular flexibility index (Phi) is 5.73. The van der Waals surface area contributed by atoms with Gasteiger partial charge in [-0.2, -0.15) is 0 Å². The van der Waals surface area contributed by atoms with Crippen molar-refractivity contribution in [1.29, 1.82) is 0 Å². The van der Waals surface area contributed by atoms with Crippen molar-refractivity contribution in [3.8, 4) is 10.6 Å². The van der Waals surface area contributed by atoms with Gasteiger partial charge < -0.3 is 4.90 Å². The number of thiazole rings is 1. The molecule has 0 radical (unpaired) electrons. The maximum atomic E-state index is 12.9. The summed E-state index contributed by atoms with van der Waals surface area (Å²) in [5, 5.41) is 0.875. The molecule has 0 saturated heterocycles. The van der Waals surface area contributed by atoms with Crippen LogP contribution in [0.2, 0.25) is 0 Å². The minimum atomic E-state index is -3.68. The van der Waals surface area contributed by atoms with Gasteiger partial charge in [0.2, 0.25) is 15.9 Å². The van der Waals surface area contributed by atoms with Crippen LogP contribution in [0.4, 0.5) is 5.69 Å². The molecule has 0 aliphatic carbocycles. The average Bonchev–Trinajstić information content (AvgIpc) is 3.12. The number of aryl methyl sites for hydroxylation is 2. The topological polar surface area (TPSA) is 79.4 Å². The van der Waals surface area contributed by atoms with Gasteiger partial charge in [-0.3, -0.25) is 4.79 Å². The van der Waals surface area contributed by atoms with Crippen LogP contribution in [0.1, 0.15) is 29.5 Å². The van der Waals surface area contributed by atoms with Gasteiger partial charge in [0.25, 0.3) is 0 Å². The summed E-state index contributed by atoms with van der Waals surface area (Å²) in [6.07, 6.45) is 1.59. The van der Waals surface area contributed by atoms with E-state index in [0.29, 0.717) is 6.54 Å². The highest BCUT2D eigenvalue weighted by molar-refractivity contribution is 7.89. The molecule has 1 amide bonds. The maximum Gasteiger partial charge on any atom is 0.240 e. The Hall–Kier alpha value is -2.55. The van der Waals surface area contributed by atoms with Gasteiger partial charge in [-0.15, -0.1) is 11.3 Å². The molecule has 0 atom stereocenters. The van der Waals surface area contributed by atoms with Gasteiger partial charge in [-0.1, -0.05) is 30.3 Å². The van der Waals surface area contributed by atoms with Crippen molar-refractivity contribution < 1.29 is 13.2 Å². The van der Waals surface area contributed by atoms with E-state index in [-0.39, 0.29) is 17.3 Å². The molecule has 0 bridgehead atoms. The van der Waals surface area contributed by atoms with Crippen LogP contribution in [-0.2, 0) is 27.8 Å².